The monoisotopic (exact) mass is 456 g/mol. The number of carbonyl (C=O) groups excluding carboxylic acids is 2. The normalized spacial score (nSPS) is 14.8. The summed E-state index contributed by atoms with van der Waals surface area (Å²) in [5, 5.41) is 0.686. The van der Waals surface area contributed by atoms with Crippen molar-refractivity contribution in [3.63, 3.8) is 0 Å². The molecule has 1 amide bonds. The molecule has 1 aliphatic heterocycles. The Labute approximate surface area is 197 Å². The number of methoxy groups -OCH3 is 1. The van der Waals surface area contributed by atoms with E-state index in [0.29, 0.717) is 34.8 Å². The van der Waals surface area contributed by atoms with Crippen molar-refractivity contribution in [3.05, 3.63) is 90.0 Å². The average molecular weight is 456 g/mol. The average Bonchev–Trinajstić information content (AvgIpc) is 3.36. The van der Waals surface area contributed by atoms with Crippen LogP contribution in [0.5, 0.6) is 11.5 Å². The van der Waals surface area contributed by atoms with E-state index in [2.05, 4.69) is 0 Å². The number of fused-ring (bicyclic) bond motifs is 3. The van der Waals surface area contributed by atoms with Crippen LogP contribution in [0.15, 0.2) is 78.9 Å². The molecule has 0 spiro atoms. The number of anilines is 1. The molecular formula is C27H24N2O5. The van der Waals surface area contributed by atoms with E-state index in [4.69, 9.17) is 14.2 Å². The maximum atomic E-state index is 13.1. The Morgan fingerprint density at radius 3 is 2.21 bits per heavy atom. The van der Waals surface area contributed by atoms with Crippen molar-refractivity contribution >= 4 is 28.7 Å². The number of hydrogen-bond acceptors (Lipinski definition) is 5. The van der Waals surface area contributed by atoms with Crippen LogP contribution in [-0.2, 0) is 18.0 Å². The number of carbonyl (C=O) groups is 2. The van der Waals surface area contributed by atoms with Crippen molar-refractivity contribution in [2.24, 2.45) is 0 Å². The van der Waals surface area contributed by atoms with Gasteiger partial charge in [-0.2, -0.15) is 0 Å². The van der Waals surface area contributed by atoms with Crippen LogP contribution in [0.25, 0.3) is 10.9 Å². The number of ether oxygens (including phenoxy) is 3. The van der Waals surface area contributed by atoms with Crippen LogP contribution in [0.3, 0.4) is 0 Å². The minimum atomic E-state index is -0.682. The zero-order valence-corrected chi connectivity index (χ0v) is 18.9. The smallest absolute Gasteiger partial charge is 0.416 e. The van der Waals surface area contributed by atoms with Gasteiger partial charge in [-0.25, -0.2) is 4.79 Å². The van der Waals surface area contributed by atoms with Gasteiger partial charge in [-0.15, -0.1) is 0 Å². The highest BCUT2D eigenvalue weighted by molar-refractivity contribution is 6.12. The van der Waals surface area contributed by atoms with Crippen molar-refractivity contribution in [2.45, 2.75) is 26.2 Å². The molecule has 5 rings (SSSR count). The Kier molecular flexibility index (Phi) is 5.67. The van der Waals surface area contributed by atoms with E-state index in [-0.39, 0.29) is 12.5 Å². The van der Waals surface area contributed by atoms with Crippen LogP contribution in [-0.4, -0.2) is 29.7 Å². The van der Waals surface area contributed by atoms with E-state index >= 15 is 0 Å². The van der Waals surface area contributed by atoms with E-state index in [0.717, 1.165) is 11.1 Å². The topological polar surface area (TPSA) is 70.0 Å². The van der Waals surface area contributed by atoms with Crippen LogP contribution < -0.4 is 14.4 Å². The van der Waals surface area contributed by atoms with E-state index in [1.54, 1.807) is 36.8 Å². The summed E-state index contributed by atoms with van der Waals surface area (Å²) < 4.78 is 18.7. The largest absolute Gasteiger partial charge is 0.493 e. The Balaban J connectivity index is 1.49. The van der Waals surface area contributed by atoms with Gasteiger partial charge in [0, 0.05) is 5.39 Å². The molecule has 7 heteroatoms. The second-order valence-electron chi connectivity index (χ2n) is 8.07. The fourth-order valence-electron chi connectivity index (χ4n) is 4.21. The minimum absolute atomic E-state index is 0.122. The lowest BCUT2D eigenvalue weighted by Crippen LogP contribution is -2.38. The molecule has 0 radical (unpaired) electrons. The third-order valence-corrected chi connectivity index (χ3v) is 5.94. The molecule has 1 atom stereocenters. The lowest BCUT2D eigenvalue weighted by Gasteiger charge is -2.19. The first kappa shape index (κ1) is 21.6. The van der Waals surface area contributed by atoms with Gasteiger partial charge < -0.3 is 14.2 Å². The van der Waals surface area contributed by atoms with Gasteiger partial charge in [0.1, 0.15) is 25.1 Å². The number of rotatable bonds is 6. The SMILES string of the molecule is COc1ccc2c(cc3n2C(=O)[C@H](C)N3C(=O)OCc2ccccc2)c1OCc1ccccc1. The van der Waals surface area contributed by atoms with Crippen molar-refractivity contribution in [2.75, 3.05) is 12.0 Å². The van der Waals surface area contributed by atoms with Crippen molar-refractivity contribution < 1.29 is 23.8 Å². The molecule has 1 aliphatic rings. The Bertz CT molecular complexity index is 1350. The highest BCUT2D eigenvalue weighted by Gasteiger charge is 2.41. The first-order valence-corrected chi connectivity index (χ1v) is 11.0. The van der Waals surface area contributed by atoms with Crippen LogP contribution in [0.4, 0.5) is 10.6 Å². The molecule has 1 aromatic heterocycles. The first-order chi connectivity index (χ1) is 16.6. The van der Waals surface area contributed by atoms with Crippen LogP contribution in [0, 0.1) is 0 Å². The zero-order valence-electron chi connectivity index (χ0n) is 18.9. The maximum Gasteiger partial charge on any atom is 0.416 e. The van der Waals surface area contributed by atoms with Gasteiger partial charge >= 0.3 is 6.09 Å². The Morgan fingerprint density at radius 2 is 1.56 bits per heavy atom. The summed E-state index contributed by atoms with van der Waals surface area (Å²) in [5.41, 5.74) is 2.52. The number of benzene rings is 3. The number of amides is 1. The van der Waals surface area contributed by atoms with Gasteiger partial charge in [0.15, 0.2) is 11.5 Å². The summed E-state index contributed by atoms with van der Waals surface area (Å²) in [6.07, 6.45) is -0.579. The van der Waals surface area contributed by atoms with Gasteiger partial charge in [-0.3, -0.25) is 14.3 Å². The molecule has 7 nitrogen and oxygen atoms in total. The molecule has 0 saturated heterocycles. The summed E-state index contributed by atoms with van der Waals surface area (Å²) in [4.78, 5) is 27.6. The predicted molar refractivity (Wildman–Crippen MR) is 128 cm³/mol. The lowest BCUT2D eigenvalue weighted by atomic mass is 10.2. The quantitative estimate of drug-likeness (QED) is 0.388. The minimum Gasteiger partial charge on any atom is -0.493 e. The highest BCUT2D eigenvalue weighted by atomic mass is 16.6. The third-order valence-electron chi connectivity index (χ3n) is 5.94. The van der Waals surface area contributed by atoms with Gasteiger partial charge in [0.2, 0.25) is 0 Å². The Hall–Kier alpha value is -4.26. The molecule has 172 valence electrons. The van der Waals surface area contributed by atoms with Gasteiger partial charge in [-0.1, -0.05) is 60.7 Å². The van der Waals surface area contributed by atoms with Crippen LogP contribution in [0.1, 0.15) is 22.8 Å². The summed E-state index contributed by atoms with van der Waals surface area (Å²) >= 11 is 0. The van der Waals surface area contributed by atoms with Gasteiger partial charge in [0.05, 0.1) is 12.6 Å². The van der Waals surface area contributed by atoms with E-state index < -0.39 is 12.1 Å². The van der Waals surface area contributed by atoms with Crippen molar-refractivity contribution in [3.8, 4) is 11.5 Å². The van der Waals surface area contributed by atoms with Gasteiger partial charge in [-0.05, 0) is 36.2 Å². The Morgan fingerprint density at radius 1 is 0.912 bits per heavy atom. The molecule has 3 aromatic carbocycles. The summed E-state index contributed by atoms with van der Waals surface area (Å²) in [7, 11) is 1.57. The molecule has 0 unspecified atom stereocenters. The molecule has 2 heterocycles. The molecular weight excluding hydrogens is 432 g/mol. The fourth-order valence-corrected chi connectivity index (χ4v) is 4.21. The standard InChI is InChI=1S/C27H24N2O5/c1-18-26(30)29-22-13-14-23(32-2)25(33-16-19-9-5-3-6-10-19)21(22)15-24(29)28(18)27(31)34-17-20-11-7-4-8-12-20/h3-15,18H,16-17H2,1-2H3/t18-/m0/s1. The molecule has 4 aromatic rings. The fraction of sp³-hybridized carbons (Fsp3) is 0.185. The maximum absolute atomic E-state index is 13.1. The molecule has 0 aliphatic carbocycles. The predicted octanol–water partition coefficient (Wildman–Crippen LogP) is 5.41. The van der Waals surface area contributed by atoms with Crippen molar-refractivity contribution in [1.29, 1.82) is 0 Å². The molecule has 0 saturated carbocycles. The zero-order chi connectivity index (χ0) is 23.7. The van der Waals surface area contributed by atoms with E-state index in [1.807, 2.05) is 60.7 Å². The number of aromatic nitrogens is 1. The van der Waals surface area contributed by atoms with E-state index in [9.17, 15) is 9.59 Å². The second-order valence-corrected chi connectivity index (χ2v) is 8.07. The highest BCUT2D eigenvalue weighted by Crippen LogP contribution is 2.42. The number of nitrogens with zero attached hydrogens (tertiary/aromatic N) is 2. The second kappa shape index (κ2) is 8.94. The molecule has 0 bridgehead atoms. The summed E-state index contributed by atoms with van der Waals surface area (Å²) in [6.45, 7) is 2.15. The van der Waals surface area contributed by atoms with Crippen molar-refractivity contribution in [1.82, 2.24) is 4.57 Å². The lowest BCUT2D eigenvalue weighted by molar-refractivity contribution is 0.0904. The van der Waals surface area contributed by atoms with Crippen LogP contribution >= 0.6 is 0 Å². The molecule has 34 heavy (non-hydrogen) atoms. The molecule has 0 N–H and O–H groups in total. The summed E-state index contributed by atoms with van der Waals surface area (Å²) in [6, 6.07) is 23.9. The van der Waals surface area contributed by atoms with Gasteiger partial charge in [0.25, 0.3) is 5.91 Å². The van der Waals surface area contributed by atoms with E-state index in [1.165, 1.54) is 4.90 Å². The van der Waals surface area contributed by atoms with Crippen LogP contribution in [0.2, 0.25) is 0 Å². The third kappa shape index (κ3) is 3.75. The molecule has 0 fully saturated rings. The summed E-state index contributed by atoms with van der Waals surface area (Å²) in [5.74, 6) is 1.31. The first-order valence-electron chi connectivity index (χ1n) is 11.0. The number of hydrogen-bond donors (Lipinski definition) is 0.